The van der Waals surface area contributed by atoms with Gasteiger partial charge < -0.3 is 5.73 Å². The van der Waals surface area contributed by atoms with E-state index in [1.54, 1.807) is 6.07 Å². The van der Waals surface area contributed by atoms with Crippen molar-refractivity contribution in [3.8, 4) is 0 Å². The van der Waals surface area contributed by atoms with Crippen molar-refractivity contribution < 1.29 is 4.39 Å². The van der Waals surface area contributed by atoms with E-state index in [2.05, 4.69) is 0 Å². The molecule has 1 rings (SSSR count). The van der Waals surface area contributed by atoms with Crippen molar-refractivity contribution >= 4 is 28.8 Å². The molecule has 0 bridgehead atoms. The lowest BCUT2D eigenvalue weighted by Gasteiger charge is -2.16. The molecule has 15 heavy (non-hydrogen) atoms. The zero-order valence-electron chi connectivity index (χ0n) is 8.34. The van der Waals surface area contributed by atoms with E-state index in [0.717, 1.165) is 0 Å². The van der Waals surface area contributed by atoms with Crippen LogP contribution in [0.15, 0.2) is 18.2 Å². The Morgan fingerprint density at radius 3 is 2.87 bits per heavy atom. The van der Waals surface area contributed by atoms with Gasteiger partial charge >= 0.3 is 0 Å². The van der Waals surface area contributed by atoms with Gasteiger partial charge in [-0.25, -0.2) is 4.39 Å². The van der Waals surface area contributed by atoms with Crippen molar-refractivity contribution in [3.63, 3.8) is 0 Å². The fourth-order valence-corrected chi connectivity index (χ4v) is 1.69. The first-order valence-corrected chi connectivity index (χ1v) is 5.18. The third-order valence-corrected chi connectivity index (χ3v) is 2.24. The Kier molecular flexibility index (Phi) is 4.45. The van der Waals surface area contributed by atoms with Gasteiger partial charge in [-0.3, -0.25) is 4.90 Å². The number of nitrogens with zero attached hydrogens (tertiary/aromatic N) is 1. The van der Waals surface area contributed by atoms with Crippen LogP contribution in [0.1, 0.15) is 5.56 Å². The van der Waals surface area contributed by atoms with Gasteiger partial charge in [-0.15, -0.1) is 0 Å². The van der Waals surface area contributed by atoms with Crippen LogP contribution in [0.2, 0.25) is 5.02 Å². The molecule has 0 atom stereocenters. The second-order valence-electron chi connectivity index (χ2n) is 3.37. The molecule has 0 unspecified atom stereocenters. The molecule has 0 aliphatic rings. The molecule has 0 saturated heterocycles. The van der Waals surface area contributed by atoms with Gasteiger partial charge in [0.15, 0.2) is 0 Å². The molecule has 0 amide bonds. The maximum absolute atomic E-state index is 13.3. The minimum Gasteiger partial charge on any atom is -0.392 e. The Morgan fingerprint density at radius 2 is 2.27 bits per heavy atom. The molecule has 2 nitrogen and oxygen atoms in total. The summed E-state index contributed by atoms with van der Waals surface area (Å²) in [6.45, 7) is 0.894. The topological polar surface area (TPSA) is 29.3 Å². The summed E-state index contributed by atoms with van der Waals surface area (Å²) in [5.41, 5.74) is 5.93. The number of rotatable bonds is 4. The van der Waals surface area contributed by atoms with E-state index < -0.39 is 0 Å². The molecular formula is C10H12ClFN2S. The Bertz CT molecular complexity index is 370. The number of thiocarbonyl (C=S) groups is 1. The van der Waals surface area contributed by atoms with E-state index in [-0.39, 0.29) is 5.82 Å². The number of halogens is 2. The molecule has 0 fully saturated rings. The van der Waals surface area contributed by atoms with Crippen molar-refractivity contribution in [2.24, 2.45) is 5.73 Å². The molecule has 0 aromatic heterocycles. The van der Waals surface area contributed by atoms with Gasteiger partial charge in [0, 0.05) is 23.7 Å². The maximum Gasteiger partial charge on any atom is 0.127 e. The van der Waals surface area contributed by atoms with E-state index >= 15 is 0 Å². The summed E-state index contributed by atoms with van der Waals surface area (Å²) in [5.74, 6) is -0.269. The van der Waals surface area contributed by atoms with Crippen molar-refractivity contribution in [3.05, 3.63) is 34.6 Å². The molecule has 2 N–H and O–H groups in total. The number of hydrogen-bond donors (Lipinski definition) is 1. The van der Waals surface area contributed by atoms with Gasteiger partial charge in [-0.05, 0) is 25.2 Å². The highest BCUT2D eigenvalue weighted by atomic mass is 35.5. The number of nitrogens with two attached hydrogens (primary N) is 1. The van der Waals surface area contributed by atoms with E-state index in [9.17, 15) is 4.39 Å². The van der Waals surface area contributed by atoms with E-state index in [1.165, 1.54) is 12.1 Å². The molecule has 5 heteroatoms. The Hall–Kier alpha value is -0.710. The molecule has 0 aliphatic heterocycles. The zero-order chi connectivity index (χ0) is 11.4. The monoisotopic (exact) mass is 246 g/mol. The first-order chi connectivity index (χ1) is 6.99. The van der Waals surface area contributed by atoms with Crippen LogP contribution in [0.25, 0.3) is 0 Å². The molecule has 1 aromatic carbocycles. The summed E-state index contributed by atoms with van der Waals surface area (Å²) in [4.78, 5) is 2.22. The van der Waals surface area contributed by atoms with Crippen LogP contribution in [0.4, 0.5) is 4.39 Å². The quantitative estimate of drug-likeness (QED) is 0.826. The Balaban J connectivity index is 2.71. The van der Waals surface area contributed by atoms with Gasteiger partial charge in [0.25, 0.3) is 0 Å². The van der Waals surface area contributed by atoms with Gasteiger partial charge in [0.05, 0.1) is 4.99 Å². The smallest absolute Gasteiger partial charge is 0.127 e. The lowest BCUT2D eigenvalue weighted by molar-refractivity contribution is 0.366. The lowest BCUT2D eigenvalue weighted by Crippen LogP contribution is -2.29. The highest BCUT2D eigenvalue weighted by Gasteiger charge is 2.07. The first-order valence-electron chi connectivity index (χ1n) is 4.40. The predicted molar refractivity (Wildman–Crippen MR) is 64.5 cm³/mol. The molecule has 0 saturated carbocycles. The number of benzene rings is 1. The van der Waals surface area contributed by atoms with Crippen LogP contribution in [0.3, 0.4) is 0 Å². The van der Waals surface area contributed by atoms with Crippen LogP contribution in [-0.4, -0.2) is 23.5 Å². The molecule has 0 heterocycles. The summed E-state index contributed by atoms with van der Waals surface area (Å²) in [5, 5.41) is 0.523. The van der Waals surface area contributed by atoms with E-state index in [0.29, 0.717) is 28.7 Å². The number of likely N-dealkylation sites (N-methyl/N-ethyl adjacent to an activating group) is 1. The SMILES string of the molecule is CN(CC(N)=S)Cc1cc(Cl)ccc1F. The molecule has 0 radical (unpaired) electrons. The lowest BCUT2D eigenvalue weighted by atomic mass is 10.2. The van der Waals surface area contributed by atoms with Crippen molar-refractivity contribution in [2.45, 2.75) is 6.54 Å². The van der Waals surface area contributed by atoms with Crippen LogP contribution in [-0.2, 0) is 6.54 Å². The molecule has 1 aromatic rings. The van der Waals surface area contributed by atoms with Crippen LogP contribution < -0.4 is 5.73 Å². The van der Waals surface area contributed by atoms with Crippen LogP contribution in [0.5, 0.6) is 0 Å². The van der Waals surface area contributed by atoms with Gasteiger partial charge in [-0.2, -0.15) is 0 Å². The normalized spacial score (nSPS) is 10.7. The van der Waals surface area contributed by atoms with Crippen LogP contribution in [0, 0.1) is 5.82 Å². The van der Waals surface area contributed by atoms with Crippen molar-refractivity contribution in [1.29, 1.82) is 0 Å². The van der Waals surface area contributed by atoms with Crippen LogP contribution >= 0.6 is 23.8 Å². The van der Waals surface area contributed by atoms with Gasteiger partial charge in [0.2, 0.25) is 0 Å². The summed E-state index contributed by atoms with van der Waals surface area (Å²) in [7, 11) is 1.82. The number of hydrogen-bond acceptors (Lipinski definition) is 2. The second-order valence-corrected chi connectivity index (χ2v) is 4.34. The fourth-order valence-electron chi connectivity index (χ4n) is 1.28. The fraction of sp³-hybridized carbons (Fsp3) is 0.300. The molecule has 0 aliphatic carbocycles. The van der Waals surface area contributed by atoms with E-state index in [4.69, 9.17) is 29.6 Å². The Labute approximate surface area is 98.8 Å². The maximum atomic E-state index is 13.3. The second kappa shape index (κ2) is 5.39. The molecular weight excluding hydrogens is 235 g/mol. The predicted octanol–water partition coefficient (Wildman–Crippen LogP) is 2.20. The van der Waals surface area contributed by atoms with E-state index in [1.807, 2.05) is 11.9 Å². The zero-order valence-corrected chi connectivity index (χ0v) is 9.91. The minimum atomic E-state index is -0.269. The third-order valence-electron chi connectivity index (χ3n) is 1.87. The van der Waals surface area contributed by atoms with Crippen molar-refractivity contribution in [2.75, 3.05) is 13.6 Å². The summed E-state index contributed by atoms with van der Waals surface area (Å²) in [6.07, 6.45) is 0. The van der Waals surface area contributed by atoms with Gasteiger partial charge in [-0.1, -0.05) is 23.8 Å². The average molecular weight is 247 g/mol. The average Bonchev–Trinajstić information content (AvgIpc) is 2.10. The van der Waals surface area contributed by atoms with Crippen molar-refractivity contribution in [1.82, 2.24) is 4.90 Å². The summed E-state index contributed by atoms with van der Waals surface area (Å²) in [6, 6.07) is 4.48. The first kappa shape index (κ1) is 12.4. The minimum absolute atomic E-state index is 0.269. The largest absolute Gasteiger partial charge is 0.392 e. The third kappa shape index (κ3) is 4.11. The summed E-state index contributed by atoms with van der Waals surface area (Å²) < 4.78 is 13.3. The molecule has 0 spiro atoms. The molecule has 82 valence electrons. The summed E-state index contributed by atoms with van der Waals surface area (Å²) >= 11 is 10.5. The standard InChI is InChI=1S/C10H12ClFN2S/c1-14(6-10(13)15)5-7-4-8(11)2-3-9(7)12/h2-4H,5-6H2,1H3,(H2,13,15). The Morgan fingerprint density at radius 1 is 1.60 bits per heavy atom. The highest BCUT2D eigenvalue weighted by Crippen LogP contribution is 2.16. The van der Waals surface area contributed by atoms with Gasteiger partial charge in [0.1, 0.15) is 5.82 Å². The highest BCUT2D eigenvalue weighted by molar-refractivity contribution is 7.80.